The molecule has 1 unspecified atom stereocenters. The minimum Gasteiger partial charge on any atom is -0.490 e. The third-order valence-electron chi connectivity index (χ3n) is 4.52. The first-order valence-corrected chi connectivity index (χ1v) is 8.82. The molecule has 4 rings (SSSR count). The zero-order valence-corrected chi connectivity index (χ0v) is 14.4. The Morgan fingerprint density at radius 1 is 0.880 bits per heavy atom. The number of hydrogen-bond acceptors (Lipinski definition) is 5. The lowest BCUT2D eigenvalue weighted by molar-refractivity contribution is 0.169. The fourth-order valence-corrected chi connectivity index (χ4v) is 3.10. The summed E-state index contributed by atoms with van der Waals surface area (Å²) < 4.78 is 22.9. The standard InChI is InChI=1S/C20H23NO4/c1-14(15-6-7-17-19(12-15)23-9-3-8-22-17)21-13-16-4-2-5-18-20(16)25-11-10-24-18/h2,4-7,12,14,21H,3,8-11,13H2,1H3. The van der Waals surface area contributed by atoms with Crippen molar-refractivity contribution in [2.45, 2.75) is 25.9 Å². The first kappa shape index (κ1) is 16.1. The summed E-state index contributed by atoms with van der Waals surface area (Å²) in [6.45, 7) is 5.47. The second-order valence-electron chi connectivity index (χ2n) is 6.30. The smallest absolute Gasteiger partial charge is 0.165 e. The second-order valence-corrected chi connectivity index (χ2v) is 6.30. The van der Waals surface area contributed by atoms with E-state index >= 15 is 0 Å². The zero-order valence-electron chi connectivity index (χ0n) is 14.4. The van der Waals surface area contributed by atoms with Crippen LogP contribution < -0.4 is 24.3 Å². The van der Waals surface area contributed by atoms with Crippen molar-refractivity contribution >= 4 is 0 Å². The van der Waals surface area contributed by atoms with Gasteiger partial charge < -0.3 is 24.3 Å². The highest BCUT2D eigenvalue weighted by Gasteiger charge is 2.17. The minimum atomic E-state index is 0.178. The van der Waals surface area contributed by atoms with Gasteiger partial charge in [-0.1, -0.05) is 18.2 Å². The van der Waals surface area contributed by atoms with Gasteiger partial charge >= 0.3 is 0 Å². The Kier molecular flexibility index (Phi) is 4.65. The summed E-state index contributed by atoms with van der Waals surface area (Å²) in [5.74, 6) is 3.34. The van der Waals surface area contributed by atoms with Crippen LogP contribution in [-0.2, 0) is 6.54 Å². The number of rotatable bonds is 4. The van der Waals surface area contributed by atoms with Crippen molar-refractivity contribution in [2.24, 2.45) is 0 Å². The number of hydrogen-bond donors (Lipinski definition) is 1. The summed E-state index contributed by atoms with van der Waals surface area (Å²) >= 11 is 0. The molecular weight excluding hydrogens is 318 g/mol. The fourth-order valence-electron chi connectivity index (χ4n) is 3.10. The van der Waals surface area contributed by atoms with Crippen LogP contribution in [0.4, 0.5) is 0 Å². The van der Waals surface area contributed by atoms with Crippen molar-refractivity contribution in [3.63, 3.8) is 0 Å². The van der Waals surface area contributed by atoms with Crippen LogP contribution in [0.25, 0.3) is 0 Å². The highest BCUT2D eigenvalue weighted by molar-refractivity contribution is 5.48. The summed E-state index contributed by atoms with van der Waals surface area (Å²) in [6.07, 6.45) is 0.916. The molecule has 0 spiro atoms. The minimum absolute atomic E-state index is 0.178. The van der Waals surface area contributed by atoms with E-state index in [4.69, 9.17) is 18.9 Å². The van der Waals surface area contributed by atoms with E-state index < -0.39 is 0 Å². The largest absolute Gasteiger partial charge is 0.490 e. The highest BCUT2D eigenvalue weighted by atomic mass is 16.6. The normalized spacial score (nSPS) is 16.8. The quantitative estimate of drug-likeness (QED) is 0.923. The maximum absolute atomic E-state index is 5.79. The maximum atomic E-state index is 5.79. The predicted molar refractivity (Wildman–Crippen MR) is 94.7 cm³/mol. The van der Waals surface area contributed by atoms with Gasteiger partial charge in [0.05, 0.1) is 13.2 Å². The van der Waals surface area contributed by atoms with Crippen LogP contribution in [0.15, 0.2) is 36.4 Å². The van der Waals surface area contributed by atoms with Gasteiger partial charge in [-0.05, 0) is 30.7 Å². The molecule has 0 aromatic heterocycles. The van der Waals surface area contributed by atoms with Crippen LogP contribution in [0.5, 0.6) is 23.0 Å². The molecule has 0 amide bonds. The molecule has 5 heteroatoms. The highest BCUT2D eigenvalue weighted by Crippen LogP contribution is 2.35. The number of fused-ring (bicyclic) bond motifs is 2. The average molecular weight is 341 g/mol. The van der Waals surface area contributed by atoms with Gasteiger partial charge in [-0.15, -0.1) is 0 Å². The lowest BCUT2D eigenvalue weighted by Gasteiger charge is -2.22. The summed E-state index contributed by atoms with van der Waals surface area (Å²) in [5, 5.41) is 3.56. The molecule has 2 aromatic carbocycles. The van der Waals surface area contributed by atoms with E-state index in [9.17, 15) is 0 Å². The molecule has 132 valence electrons. The first-order chi connectivity index (χ1) is 12.3. The predicted octanol–water partition coefficient (Wildman–Crippen LogP) is 3.47. The van der Waals surface area contributed by atoms with Gasteiger partial charge in [0.1, 0.15) is 13.2 Å². The number of benzene rings is 2. The van der Waals surface area contributed by atoms with Gasteiger partial charge in [-0.25, -0.2) is 0 Å². The van der Waals surface area contributed by atoms with Crippen LogP contribution in [0, 0.1) is 0 Å². The molecule has 2 aliphatic rings. The molecule has 0 fully saturated rings. The van der Waals surface area contributed by atoms with Gasteiger partial charge in [0, 0.05) is 24.6 Å². The lowest BCUT2D eigenvalue weighted by Crippen LogP contribution is -2.21. The van der Waals surface area contributed by atoms with Gasteiger partial charge in [0.15, 0.2) is 23.0 Å². The molecule has 0 bridgehead atoms. The van der Waals surface area contributed by atoms with Crippen LogP contribution in [-0.4, -0.2) is 26.4 Å². The first-order valence-electron chi connectivity index (χ1n) is 8.82. The maximum Gasteiger partial charge on any atom is 0.165 e. The molecule has 2 heterocycles. The molecule has 2 aliphatic heterocycles. The summed E-state index contributed by atoms with van der Waals surface area (Å²) in [6, 6.07) is 12.4. The van der Waals surface area contributed by atoms with E-state index in [2.05, 4.69) is 30.4 Å². The summed E-state index contributed by atoms with van der Waals surface area (Å²) in [7, 11) is 0. The summed E-state index contributed by atoms with van der Waals surface area (Å²) in [4.78, 5) is 0. The molecule has 1 N–H and O–H groups in total. The fraction of sp³-hybridized carbons (Fsp3) is 0.400. The Balaban J connectivity index is 1.46. The SMILES string of the molecule is CC(NCc1cccc2c1OCCO2)c1ccc2c(c1)OCCCO2. The van der Waals surface area contributed by atoms with E-state index in [1.165, 1.54) is 5.56 Å². The number of para-hydroxylation sites is 1. The Morgan fingerprint density at radius 2 is 1.68 bits per heavy atom. The second kappa shape index (κ2) is 7.23. The topological polar surface area (TPSA) is 49.0 Å². The van der Waals surface area contributed by atoms with E-state index in [-0.39, 0.29) is 6.04 Å². The lowest BCUT2D eigenvalue weighted by atomic mass is 10.1. The van der Waals surface area contributed by atoms with Crippen molar-refractivity contribution in [1.82, 2.24) is 5.32 Å². The third-order valence-corrected chi connectivity index (χ3v) is 4.52. The molecule has 5 nitrogen and oxygen atoms in total. The van der Waals surface area contributed by atoms with E-state index in [0.717, 1.165) is 35.0 Å². The van der Waals surface area contributed by atoms with Gasteiger partial charge in [-0.2, -0.15) is 0 Å². The zero-order chi connectivity index (χ0) is 17.1. The monoisotopic (exact) mass is 341 g/mol. The van der Waals surface area contributed by atoms with Crippen molar-refractivity contribution in [2.75, 3.05) is 26.4 Å². The van der Waals surface area contributed by atoms with Crippen molar-refractivity contribution in [1.29, 1.82) is 0 Å². The van der Waals surface area contributed by atoms with Crippen molar-refractivity contribution in [3.05, 3.63) is 47.5 Å². The molecule has 0 aliphatic carbocycles. The van der Waals surface area contributed by atoms with E-state index in [1.807, 2.05) is 18.2 Å². The van der Waals surface area contributed by atoms with Crippen molar-refractivity contribution < 1.29 is 18.9 Å². The Morgan fingerprint density at radius 3 is 2.60 bits per heavy atom. The molecule has 2 aromatic rings. The molecule has 0 radical (unpaired) electrons. The van der Waals surface area contributed by atoms with Crippen LogP contribution >= 0.6 is 0 Å². The summed E-state index contributed by atoms with van der Waals surface area (Å²) in [5.41, 5.74) is 2.28. The van der Waals surface area contributed by atoms with Crippen molar-refractivity contribution in [3.8, 4) is 23.0 Å². The molecule has 0 saturated carbocycles. The Hall–Kier alpha value is -2.40. The third kappa shape index (κ3) is 3.51. The molecular formula is C20H23NO4. The van der Waals surface area contributed by atoms with Crippen LogP contribution in [0.1, 0.15) is 30.5 Å². The molecule has 1 atom stereocenters. The van der Waals surface area contributed by atoms with E-state index in [1.54, 1.807) is 0 Å². The number of nitrogens with one attached hydrogen (secondary N) is 1. The van der Waals surface area contributed by atoms with Gasteiger partial charge in [-0.3, -0.25) is 0 Å². The Labute approximate surface area is 147 Å². The number of ether oxygens (including phenoxy) is 4. The van der Waals surface area contributed by atoms with Gasteiger partial charge in [0.25, 0.3) is 0 Å². The van der Waals surface area contributed by atoms with Gasteiger partial charge in [0.2, 0.25) is 0 Å². The molecule has 25 heavy (non-hydrogen) atoms. The van der Waals surface area contributed by atoms with Crippen LogP contribution in [0.3, 0.4) is 0 Å². The molecule has 0 saturated heterocycles. The van der Waals surface area contributed by atoms with Crippen LogP contribution in [0.2, 0.25) is 0 Å². The van der Waals surface area contributed by atoms with E-state index in [0.29, 0.717) is 33.0 Å². The Bertz CT molecular complexity index is 746. The average Bonchev–Trinajstić information content (AvgIpc) is 2.90.